The SMILES string of the molecule is CNC(=O)[C@@H](C)N(Cc1ccccc1)C(=O)CN(c1ccc(Cl)cc1C)S(=O)(=O)c1ccccc1. The van der Waals surface area contributed by atoms with E-state index in [4.69, 9.17) is 11.6 Å². The van der Waals surface area contributed by atoms with Crippen LogP contribution in [0.1, 0.15) is 18.1 Å². The number of anilines is 1. The summed E-state index contributed by atoms with van der Waals surface area (Å²) < 4.78 is 28.5. The summed E-state index contributed by atoms with van der Waals surface area (Å²) in [7, 11) is -2.61. The Kier molecular flexibility index (Phi) is 8.53. The lowest BCUT2D eigenvalue weighted by Gasteiger charge is -2.32. The summed E-state index contributed by atoms with van der Waals surface area (Å²) in [4.78, 5) is 27.6. The van der Waals surface area contributed by atoms with E-state index in [0.717, 1.165) is 9.87 Å². The van der Waals surface area contributed by atoms with Gasteiger partial charge >= 0.3 is 0 Å². The van der Waals surface area contributed by atoms with Crippen LogP contribution in [0, 0.1) is 6.92 Å². The molecule has 184 valence electrons. The summed E-state index contributed by atoms with van der Waals surface area (Å²) in [6.45, 7) is 3.00. The van der Waals surface area contributed by atoms with Crippen LogP contribution in [0.4, 0.5) is 5.69 Å². The lowest BCUT2D eigenvalue weighted by molar-refractivity contribution is -0.139. The van der Waals surface area contributed by atoms with E-state index in [9.17, 15) is 18.0 Å². The molecular formula is C26H28ClN3O4S. The van der Waals surface area contributed by atoms with E-state index in [1.165, 1.54) is 24.1 Å². The Labute approximate surface area is 211 Å². The van der Waals surface area contributed by atoms with Crippen molar-refractivity contribution in [3.8, 4) is 0 Å². The van der Waals surface area contributed by atoms with Crippen LogP contribution in [0.15, 0.2) is 83.8 Å². The van der Waals surface area contributed by atoms with Crippen LogP contribution < -0.4 is 9.62 Å². The summed E-state index contributed by atoms with van der Waals surface area (Å²) in [5.74, 6) is -0.867. The van der Waals surface area contributed by atoms with Crippen LogP contribution in [0.5, 0.6) is 0 Å². The first-order valence-electron chi connectivity index (χ1n) is 11.0. The normalized spacial score (nSPS) is 12.0. The minimum Gasteiger partial charge on any atom is -0.357 e. The van der Waals surface area contributed by atoms with Crippen LogP contribution in [0.25, 0.3) is 0 Å². The van der Waals surface area contributed by atoms with E-state index in [-0.39, 0.29) is 17.3 Å². The Hall–Kier alpha value is -3.36. The van der Waals surface area contributed by atoms with Crippen molar-refractivity contribution in [1.82, 2.24) is 10.2 Å². The number of halogens is 1. The number of carbonyl (C=O) groups excluding carboxylic acids is 2. The second kappa shape index (κ2) is 11.4. The average molecular weight is 514 g/mol. The Balaban J connectivity index is 2.05. The lowest BCUT2D eigenvalue weighted by atomic mass is 10.1. The summed E-state index contributed by atoms with van der Waals surface area (Å²) in [5.41, 5.74) is 1.74. The zero-order valence-electron chi connectivity index (χ0n) is 19.8. The molecule has 0 fully saturated rings. The number of nitrogens with zero attached hydrogens (tertiary/aromatic N) is 2. The van der Waals surface area contributed by atoms with Crippen molar-refractivity contribution in [3.05, 3.63) is 95.0 Å². The number of hydrogen-bond acceptors (Lipinski definition) is 4. The lowest BCUT2D eigenvalue weighted by Crippen LogP contribution is -2.50. The Morgan fingerprint density at radius 3 is 2.14 bits per heavy atom. The maximum absolute atomic E-state index is 13.7. The van der Waals surface area contributed by atoms with Crippen LogP contribution in [-0.4, -0.2) is 44.8 Å². The summed E-state index contributed by atoms with van der Waals surface area (Å²) in [6.07, 6.45) is 0. The van der Waals surface area contributed by atoms with Crippen LogP contribution in [0.2, 0.25) is 5.02 Å². The van der Waals surface area contributed by atoms with Crippen molar-refractivity contribution in [2.75, 3.05) is 17.9 Å². The van der Waals surface area contributed by atoms with Crippen molar-refractivity contribution in [2.24, 2.45) is 0 Å². The molecule has 0 bridgehead atoms. The Bertz CT molecular complexity index is 1280. The Morgan fingerprint density at radius 1 is 0.971 bits per heavy atom. The molecule has 0 heterocycles. The quantitative estimate of drug-likeness (QED) is 0.468. The molecule has 3 aromatic carbocycles. The molecule has 0 unspecified atom stereocenters. The van der Waals surface area contributed by atoms with Gasteiger partial charge < -0.3 is 10.2 Å². The summed E-state index contributed by atoms with van der Waals surface area (Å²) in [6, 6.07) is 21.1. The highest BCUT2D eigenvalue weighted by Crippen LogP contribution is 2.29. The number of nitrogens with one attached hydrogen (secondary N) is 1. The van der Waals surface area contributed by atoms with E-state index >= 15 is 0 Å². The van der Waals surface area contributed by atoms with E-state index in [0.29, 0.717) is 16.3 Å². The second-order valence-corrected chi connectivity index (χ2v) is 10.4. The third-order valence-corrected chi connectivity index (χ3v) is 7.66. The molecule has 9 heteroatoms. The molecule has 7 nitrogen and oxygen atoms in total. The van der Waals surface area contributed by atoms with E-state index in [2.05, 4.69) is 5.32 Å². The second-order valence-electron chi connectivity index (χ2n) is 8.05. The number of hydrogen-bond donors (Lipinski definition) is 1. The van der Waals surface area contributed by atoms with Gasteiger partial charge in [0.1, 0.15) is 12.6 Å². The molecule has 0 saturated carbocycles. The molecule has 1 N–H and O–H groups in total. The third-order valence-electron chi connectivity index (χ3n) is 5.65. The summed E-state index contributed by atoms with van der Waals surface area (Å²) >= 11 is 6.10. The van der Waals surface area contributed by atoms with Gasteiger partial charge in [0.15, 0.2) is 0 Å². The maximum atomic E-state index is 13.7. The fourth-order valence-electron chi connectivity index (χ4n) is 3.70. The first kappa shape index (κ1) is 26.2. The van der Waals surface area contributed by atoms with Gasteiger partial charge in [-0.15, -0.1) is 0 Å². The zero-order chi connectivity index (χ0) is 25.6. The molecule has 1 atom stereocenters. The predicted octanol–water partition coefficient (Wildman–Crippen LogP) is 4.01. The van der Waals surface area contributed by atoms with Crippen molar-refractivity contribution in [2.45, 2.75) is 31.3 Å². The maximum Gasteiger partial charge on any atom is 0.264 e. The van der Waals surface area contributed by atoms with Gasteiger partial charge in [-0.05, 0) is 55.3 Å². The standard InChI is InChI=1S/C26H28ClN3O4S/c1-19-16-22(27)14-15-24(19)30(35(33,34)23-12-8-5-9-13-23)18-25(31)29(20(2)26(32)28-3)17-21-10-6-4-7-11-21/h4-16,20H,17-18H2,1-3H3,(H,28,32)/t20-/m1/s1. The fourth-order valence-corrected chi connectivity index (χ4v) is 5.43. The van der Waals surface area contributed by atoms with Gasteiger partial charge in [-0.25, -0.2) is 8.42 Å². The largest absolute Gasteiger partial charge is 0.357 e. The number of sulfonamides is 1. The fraction of sp³-hybridized carbons (Fsp3) is 0.231. The molecule has 0 radical (unpaired) electrons. The molecule has 0 spiro atoms. The van der Waals surface area contributed by atoms with Crippen LogP contribution in [-0.2, 0) is 26.2 Å². The molecule has 0 aromatic heterocycles. The smallest absolute Gasteiger partial charge is 0.264 e. The molecular weight excluding hydrogens is 486 g/mol. The molecule has 2 amide bonds. The van der Waals surface area contributed by atoms with Gasteiger partial charge in [0.25, 0.3) is 10.0 Å². The predicted molar refractivity (Wildman–Crippen MR) is 138 cm³/mol. The third kappa shape index (κ3) is 6.21. The first-order valence-corrected chi connectivity index (χ1v) is 12.9. The molecule has 3 rings (SSSR count). The van der Waals surface area contributed by atoms with Crippen LogP contribution >= 0.6 is 11.6 Å². The van der Waals surface area contributed by atoms with E-state index < -0.39 is 28.5 Å². The van der Waals surface area contributed by atoms with Crippen molar-refractivity contribution in [1.29, 1.82) is 0 Å². The zero-order valence-corrected chi connectivity index (χ0v) is 21.4. The number of carbonyl (C=O) groups is 2. The number of likely N-dealkylation sites (N-methyl/N-ethyl adjacent to an activating group) is 1. The van der Waals surface area contributed by atoms with Gasteiger partial charge in [0.05, 0.1) is 10.6 Å². The summed E-state index contributed by atoms with van der Waals surface area (Å²) in [5, 5.41) is 3.02. The molecule has 0 aliphatic heterocycles. The topological polar surface area (TPSA) is 86.8 Å². The molecule has 0 aliphatic carbocycles. The minimum absolute atomic E-state index is 0.0520. The van der Waals surface area contributed by atoms with Crippen molar-refractivity contribution in [3.63, 3.8) is 0 Å². The molecule has 0 aliphatic rings. The van der Waals surface area contributed by atoms with Gasteiger partial charge in [-0.2, -0.15) is 0 Å². The molecule has 3 aromatic rings. The van der Waals surface area contributed by atoms with Crippen molar-refractivity contribution >= 4 is 39.1 Å². The molecule has 35 heavy (non-hydrogen) atoms. The monoisotopic (exact) mass is 513 g/mol. The first-order chi connectivity index (χ1) is 16.6. The van der Waals surface area contributed by atoms with Crippen molar-refractivity contribution < 1.29 is 18.0 Å². The molecule has 0 saturated heterocycles. The minimum atomic E-state index is -4.10. The number of benzene rings is 3. The Morgan fingerprint density at radius 2 is 1.57 bits per heavy atom. The van der Waals surface area contributed by atoms with E-state index in [1.54, 1.807) is 50.2 Å². The van der Waals surface area contributed by atoms with Gasteiger partial charge in [-0.3, -0.25) is 13.9 Å². The van der Waals surface area contributed by atoms with Gasteiger partial charge in [0.2, 0.25) is 11.8 Å². The van der Waals surface area contributed by atoms with Crippen LogP contribution in [0.3, 0.4) is 0 Å². The van der Waals surface area contributed by atoms with E-state index in [1.807, 2.05) is 30.3 Å². The number of amides is 2. The number of rotatable bonds is 9. The average Bonchev–Trinajstić information content (AvgIpc) is 2.86. The highest BCUT2D eigenvalue weighted by molar-refractivity contribution is 7.92. The van der Waals surface area contributed by atoms with Gasteiger partial charge in [0, 0.05) is 18.6 Å². The number of aryl methyl sites for hydroxylation is 1. The highest BCUT2D eigenvalue weighted by Gasteiger charge is 2.32. The van der Waals surface area contributed by atoms with Gasteiger partial charge in [-0.1, -0.05) is 60.1 Å². The highest BCUT2D eigenvalue weighted by atomic mass is 35.5.